The number of nitrogens with zero attached hydrogens (tertiary/aromatic N) is 2. The Kier molecular flexibility index (Phi) is 4.12. The molecule has 2 aromatic rings. The van der Waals surface area contributed by atoms with E-state index in [2.05, 4.69) is 48.3 Å². The number of anilines is 1. The third-order valence-electron chi connectivity index (χ3n) is 5.40. The Morgan fingerprint density at radius 3 is 2.84 bits per heavy atom. The van der Waals surface area contributed by atoms with Gasteiger partial charge in [-0.3, -0.25) is 4.79 Å². The van der Waals surface area contributed by atoms with Crippen LogP contribution in [0.25, 0.3) is 0 Å². The van der Waals surface area contributed by atoms with Gasteiger partial charge in [-0.15, -0.1) is 0 Å². The number of likely N-dealkylation sites (tertiary alicyclic amines) is 1. The molecule has 2 aliphatic rings. The SMILES string of the molecule is Cc1ccc(C)c(NC(=S)N2C[C@@H]3C[C@@H](C2)c2cccc(=O)n2C3)c1. The summed E-state index contributed by atoms with van der Waals surface area (Å²) in [5.74, 6) is 0.851. The van der Waals surface area contributed by atoms with Gasteiger partial charge in [0.1, 0.15) is 0 Å². The van der Waals surface area contributed by atoms with Crippen molar-refractivity contribution in [1.82, 2.24) is 9.47 Å². The number of nitrogens with one attached hydrogen (secondary N) is 1. The van der Waals surface area contributed by atoms with Gasteiger partial charge < -0.3 is 14.8 Å². The van der Waals surface area contributed by atoms with E-state index in [4.69, 9.17) is 12.2 Å². The van der Waals surface area contributed by atoms with Crippen molar-refractivity contribution in [3.05, 3.63) is 63.6 Å². The van der Waals surface area contributed by atoms with Crippen molar-refractivity contribution in [2.24, 2.45) is 5.92 Å². The van der Waals surface area contributed by atoms with Crippen molar-refractivity contribution in [1.29, 1.82) is 0 Å². The number of pyridine rings is 1. The molecule has 0 radical (unpaired) electrons. The lowest BCUT2D eigenvalue weighted by molar-refractivity contribution is 0.180. The van der Waals surface area contributed by atoms with Crippen molar-refractivity contribution in [2.75, 3.05) is 18.4 Å². The fraction of sp³-hybridized carbons (Fsp3) is 0.400. The van der Waals surface area contributed by atoms with E-state index >= 15 is 0 Å². The Labute approximate surface area is 153 Å². The van der Waals surface area contributed by atoms with Crippen LogP contribution in [0.15, 0.2) is 41.2 Å². The van der Waals surface area contributed by atoms with Gasteiger partial charge in [0.15, 0.2) is 5.11 Å². The number of rotatable bonds is 1. The molecule has 4 nitrogen and oxygen atoms in total. The van der Waals surface area contributed by atoms with Crippen LogP contribution < -0.4 is 10.9 Å². The van der Waals surface area contributed by atoms with Crippen molar-refractivity contribution in [3.63, 3.8) is 0 Å². The van der Waals surface area contributed by atoms with E-state index in [-0.39, 0.29) is 5.56 Å². The maximum atomic E-state index is 12.1. The maximum absolute atomic E-state index is 12.1. The zero-order chi connectivity index (χ0) is 17.6. The van der Waals surface area contributed by atoms with Gasteiger partial charge in [0.25, 0.3) is 5.56 Å². The van der Waals surface area contributed by atoms with Crippen LogP contribution in [-0.2, 0) is 6.54 Å². The van der Waals surface area contributed by atoms with E-state index in [1.54, 1.807) is 6.07 Å². The fourth-order valence-electron chi connectivity index (χ4n) is 4.13. The molecule has 0 unspecified atom stereocenters. The molecular formula is C20H23N3OS. The molecule has 2 atom stereocenters. The summed E-state index contributed by atoms with van der Waals surface area (Å²) in [4.78, 5) is 14.4. The summed E-state index contributed by atoms with van der Waals surface area (Å²) in [7, 11) is 0. The lowest BCUT2D eigenvalue weighted by atomic mass is 9.83. The quantitative estimate of drug-likeness (QED) is 0.799. The number of hydrogen-bond donors (Lipinski definition) is 1. The number of fused-ring (bicyclic) bond motifs is 4. The molecule has 0 aliphatic carbocycles. The van der Waals surface area contributed by atoms with Crippen LogP contribution >= 0.6 is 12.2 Å². The first-order chi connectivity index (χ1) is 12.0. The highest BCUT2D eigenvalue weighted by Crippen LogP contribution is 2.35. The second-order valence-electron chi connectivity index (χ2n) is 7.35. The Morgan fingerprint density at radius 1 is 1.16 bits per heavy atom. The largest absolute Gasteiger partial charge is 0.348 e. The van der Waals surface area contributed by atoms with Crippen molar-refractivity contribution in [3.8, 4) is 0 Å². The highest BCUT2D eigenvalue weighted by molar-refractivity contribution is 7.80. The average Bonchev–Trinajstić information content (AvgIpc) is 2.59. The van der Waals surface area contributed by atoms with Crippen LogP contribution in [0.1, 0.15) is 29.2 Å². The molecule has 0 saturated carbocycles. The minimum absolute atomic E-state index is 0.122. The minimum atomic E-state index is 0.122. The summed E-state index contributed by atoms with van der Waals surface area (Å²) in [6, 6.07) is 12.0. The van der Waals surface area contributed by atoms with E-state index in [1.807, 2.05) is 10.6 Å². The summed E-state index contributed by atoms with van der Waals surface area (Å²) in [5, 5.41) is 4.22. The van der Waals surface area contributed by atoms with Gasteiger partial charge in [-0.2, -0.15) is 0 Å². The van der Waals surface area contributed by atoms with Gasteiger partial charge in [-0.1, -0.05) is 18.2 Å². The summed E-state index contributed by atoms with van der Waals surface area (Å²) < 4.78 is 1.96. The lowest BCUT2D eigenvalue weighted by Gasteiger charge is -2.43. The predicted molar refractivity (Wildman–Crippen MR) is 105 cm³/mol. The zero-order valence-corrected chi connectivity index (χ0v) is 15.5. The first-order valence-corrected chi connectivity index (χ1v) is 9.25. The Balaban J connectivity index is 1.55. The molecule has 2 aliphatic heterocycles. The van der Waals surface area contributed by atoms with Gasteiger partial charge in [-0.05, 0) is 61.7 Å². The maximum Gasteiger partial charge on any atom is 0.250 e. The minimum Gasteiger partial charge on any atom is -0.348 e. The van der Waals surface area contributed by atoms with Gasteiger partial charge in [-0.25, -0.2) is 0 Å². The number of benzene rings is 1. The number of aromatic nitrogens is 1. The van der Waals surface area contributed by atoms with Crippen molar-refractivity contribution >= 4 is 23.0 Å². The normalized spacial score (nSPS) is 21.6. The number of piperidine rings is 1. The van der Waals surface area contributed by atoms with Gasteiger partial charge in [0.2, 0.25) is 0 Å². The molecule has 1 aromatic carbocycles. The molecule has 1 fully saturated rings. The van der Waals surface area contributed by atoms with E-state index in [1.165, 1.54) is 11.1 Å². The molecule has 2 bridgehead atoms. The molecule has 1 saturated heterocycles. The smallest absolute Gasteiger partial charge is 0.250 e. The molecule has 0 spiro atoms. The average molecular weight is 353 g/mol. The highest BCUT2D eigenvalue weighted by Gasteiger charge is 2.35. The van der Waals surface area contributed by atoms with Crippen molar-refractivity contribution in [2.45, 2.75) is 32.7 Å². The molecule has 4 rings (SSSR count). The standard InChI is InChI=1S/C20H23N3OS/c1-13-6-7-14(2)17(8-13)21-20(25)22-10-15-9-16(12-22)18-4-3-5-19(24)23(18)11-15/h3-8,15-16H,9-12H2,1-2H3,(H,21,25)/t15-,16-/m0/s1. The predicted octanol–water partition coefficient (Wildman–Crippen LogP) is 3.28. The summed E-state index contributed by atoms with van der Waals surface area (Å²) in [6.07, 6.45) is 1.14. The molecular weight excluding hydrogens is 330 g/mol. The molecule has 1 N–H and O–H groups in total. The van der Waals surface area contributed by atoms with Crippen molar-refractivity contribution < 1.29 is 0 Å². The number of thiocarbonyl (C=S) groups is 1. The summed E-state index contributed by atoms with van der Waals surface area (Å²) >= 11 is 5.71. The molecule has 0 amide bonds. The topological polar surface area (TPSA) is 37.3 Å². The number of aryl methyl sites for hydroxylation is 2. The third kappa shape index (κ3) is 3.09. The van der Waals surface area contributed by atoms with E-state index < -0.39 is 0 Å². The molecule has 130 valence electrons. The van der Waals surface area contributed by atoms with E-state index in [9.17, 15) is 4.79 Å². The van der Waals surface area contributed by atoms with Crippen LogP contribution in [0.2, 0.25) is 0 Å². The van der Waals surface area contributed by atoms with Gasteiger partial charge in [0, 0.05) is 43.0 Å². The molecule has 3 heterocycles. The molecule has 25 heavy (non-hydrogen) atoms. The third-order valence-corrected chi connectivity index (χ3v) is 5.76. The van der Waals surface area contributed by atoms with Crippen LogP contribution in [0.3, 0.4) is 0 Å². The van der Waals surface area contributed by atoms with Crippen LogP contribution in [-0.4, -0.2) is 27.7 Å². The Bertz CT molecular complexity index is 889. The summed E-state index contributed by atoms with van der Waals surface area (Å²) in [5.41, 5.74) is 4.78. The van der Waals surface area contributed by atoms with E-state index in [0.717, 1.165) is 42.5 Å². The van der Waals surface area contributed by atoms with Crippen LogP contribution in [0, 0.1) is 19.8 Å². The second-order valence-corrected chi connectivity index (χ2v) is 7.74. The van der Waals surface area contributed by atoms with Gasteiger partial charge in [0.05, 0.1) is 0 Å². The van der Waals surface area contributed by atoms with Crippen LogP contribution in [0.5, 0.6) is 0 Å². The second kappa shape index (κ2) is 6.30. The molecule has 5 heteroatoms. The first-order valence-electron chi connectivity index (χ1n) is 8.84. The number of hydrogen-bond acceptors (Lipinski definition) is 2. The summed E-state index contributed by atoms with van der Waals surface area (Å²) in [6.45, 7) is 6.77. The van der Waals surface area contributed by atoms with Gasteiger partial charge >= 0.3 is 0 Å². The molecule has 1 aromatic heterocycles. The lowest BCUT2D eigenvalue weighted by Crippen LogP contribution is -2.50. The zero-order valence-electron chi connectivity index (χ0n) is 14.7. The van der Waals surface area contributed by atoms with Crippen LogP contribution in [0.4, 0.5) is 5.69 Å². The van der Waals surface area contributed by atoms with E-state index in [0.29, 0.717) is 11.8 Å². The fourth-order valence-corrected chi connectivity index (χ4v) is 4.39. The first kappa shape index (κ1) is 16.3. The Hall–Kier alpha value is -2.14. The highest BCUT2D eigenvalue weighted by atomic mass is 32.1. The monoisotopic (exact) mass is 353 g/mol. The Morgan fingerprint density at radius 2 is 2.00 bits per heavy atom.